The van der Waals surface area contributed by atoms with E-state index in [1.54, 1.807) is 0 Å². The van der Waals surface area contributed by atoms with E-state index in [-0.39, 0.29) is 36.4 Å². The Bertz CT molecular complexity index is 869. The quantitative estimate of drug-likeness (QED) is 0.373. The van der Waals surface area contributed by atoms with Crippen molar-refractivity contribution in [3.63, 3.8) is 0 Å². The second-order valence-corrected chi connectivity index (χ2v) is 5.61. The van der Waals surface area contributed by atoms with Gasteiger partial charge in [0.25, 0.3) is 0 Å². The lowest BCUT2D eigenvalue weighted by Gasteiger charge is -2.21. The van der Waals surface area contributed by atoms with E-state index in [1.807, 2.05) is 0 Å². The number of benzene rings is 3. The van der Waals surface area contributed by atoms with Crippen molar-refractivity contribution in [2.24, 2.45) is 0 Å². The molecular weight excluding hydrogens is 399 g/mol. The molecule has 0 aliphatic carbocycles. The van der Waals surface area contributed by atoms with E-state index < -0.39 is 75.0 Å². The lowest BCUT2D eigenvalue weighted by molar-refractivity contribution is 0.506. The lowest BCUT2D eigenvalue weighted by Crippen LogP contribution is -2.17. The lowest BCUT2D eigenvalue weighted by atomic mass is 9.83. The molecule has 0 N–H and O–H groups in total. The smallest absolute Gasteiger partial charge is 0.133 e. The van der Waals surface area contributed by atoms with Gasteiger partial charge in [-0.2, -0.15) is 0 Å². The van der Waals surface area contributed by atoms with Crippen molar-refractivity contribution >= 4 is 0 Å². The zero-order chi connectivity index (χ0) is 20.7. The van der Waals surface area contributed by atoms with Crippen molar-refractivity contribution in [2.75, 3.05) is 0 Å². The first-order chi connectivity index (χ1) is 13.1. The van der Waals surface area contributed by atoms with Gasteiger partial charge in [-0.3, -0.25) is 0 Å². The van der Waals surface area contributed by atoms with Crippen LogP contribution < -0.4 is 0 Å². The summed E-state index contributed by atoms with van der Waals surface area (Å²) in [6, 6.07) is 0.649. The molecule has 9 heteroatoms. The van der Waals surface area contributed by atoms with Crippen molar-refractivity contribution in [3.05, 3.63) is 111 Å². The number of rotatable bonds is 3. The Balaban J connectivity index is 2.45. The molecule has 0 saturated carbocycles. The Morgan fingerprint density at radius 3 is 0.714 bits per heavy atom. The molecule has 3 aromatic rings. The zero-order valence-corrected chi connectivity index (χ0v) is 13.4. The second kappa shape index (κ2) is 7.21. The molecule has 1 radical (unpaired) electrons. The number of hydrogen-bond donors (Lipinski definition) is 0. The molecule has 0 unspecified atom stereocenters. The summed E-state index contributed by atoms with van der Waals surface area (Å²) in [6.07, 6.45) is 0. The van der Waals surface area contributed by atoms with Crippen LogP contribution in [0.25, 0.3) is 0 Å². The Morgan fingerprint density at radius 1 is 0.357 bits per heavy atom. The highest BCUT2D eigenvalue weighted by molar-refractivity contribution is 5.59. The summed E-state index contributed by atoms with van der Waals surface area (Å²) in [5, 5.41) is 0. The van der Waals surface area contributed by atoms with Gasteiger partial charge in [0, 0.05) is 53.1 Å². The number of halogens is 9. The summed E-state index contributed by atoms with van der Waals surface area (Å²) in [4.78, 5) is 0. The standard InChI is InChI=1S/C19H6F9/c20-7-1-10(23)16(11(24)2-7)19(17-12(25)3-8(21)4-13(17)26)18-14(27)5-9(22)6-15(18)28/h1-6H. The third kappa shape index (κ3) is 3.44. The predicted molar refractivity (Wildman–Crippen MR) is 79.5 cm³/mol. The van der Waals surface area contributed by atoms with E-state index in [1.165, 1.54) is 0 Å². The van der Waals surface area contributed by atoms with Crippen LogP contribution in [0.2, 0.25) is 0 Å². The molecule has 0 aliphatic rings. The first-order valence-corrected chi connectivity index (χ1v) is 7.41. The molecule has 0 bridgehead atoms. The van der Waals surface area contributed by atoms with Crippen LogP contribution in [0.5, 0.6) is 0 Å². The fraction of sp³-hybridized carbons (Fsp3) is 0. The van der Waals surface area contributed by atoms with Crippen LogP contribution in [0.4, 0.5) is 39.5 Å². The molecular formula is C19H6F9. The van der Waals surface area contributed by atoms with E-state index in [4.69, 9.17) is 0 Å². The van der Waals surface area contributed by atoms with Crippen molar-refractivity contribution < 1.29 is 39.5 Å². The van der Waals surface area contributed by atoms with E-state index in [0.29, 0.717) is 0 Å². The van der Waals surface area contributed by atoms with Crippen LogP contribution >= 0.6 is 0 Å². The molecule has 0 nitrogen and oxygen atoms in total. The van der Waals surface area contributed by atoms with Gasteiger partial charge in [-0.05, 0) is 0 Å². The summed E-state index contributed by atoms with van der Waals surface area (Å²) in [7, 11) is 0. The van der Waals surface area contributed by atoms with E-state index in [9.17, 15) is 39.5 Å². The van der Waals surface area contributed by atoms with Gasteiger partial charge >= 0.3 is 0 Å². The van der Waals surface area contributed by atoms with Crippen LogP contribution in [0.3, 0.4) is 0 Å². The molecule has 0 atom stereocenters. The van der Waals surface area contributed by atoms with E-state index >= 15 is 0 Å². The van der Waals surface area contributed by atoms with Gasteiger partial charge in [0.15, 0.2) is 0 Å². The maximum Gasteiger partial charge on any atom is 0.133 e. The molecule has 145 valence electrons. The molecule has 3 rings (SSSR count). The van der Waals surface area contributed by atoms with Crippen LogP contribution in [0.15, 0.2) is 36.4 Å². The highest BCUT2D eigenvalue weighted by atomic mass is 19.2. The van der Waals surface area contributed by atoms with Crippen LogP contribution in [0, 0.1) is 58.3 Å². The zero-order valence-electron chi connectivity index (χ0n) is 13.4. The molecule has 28 heavy (non-hydrogen) atoms. The fourth-order valence-corrected chi connectivity index (χ4v) is 2.72. The van der Waals surface area contributed by atoms with Gasteiger partial charge in [-0.25, -0.2) is 39.5 Å². The van der Waals surface area contributed by atoms with Crippen molar-refractivity contribution in [1.29, 1.82) is 0 Å². The minimum absolute atomic E-state index is 0.108. The Morgan fingerprint density at radius 2 is 0.536 bits per heavy atom. The summed E-state index contributed by atoms with van der Waals surface area (Å²) in [5.41, 5.74) is -4.18. The molecule has 0 aromatic heterocycles. The second-order valence-electron chi connectivity index (χ2n) is 5.61. The third-order valence-electron chi connectivity index (χ3n) is 3.77. The van der Waals surface area contributed by atoms with Crippen LogP contribution in [0.1, 0.15) is 16.7 Å². The Hall–Kier alpha value is -2.97. The normalized spacial score (nSPS) is 11.4. The van der Waals surface area contributed by atoms with Crippen molar-refractivity contribution in [1.82, 2.24) is 0 Å². The highest BCUT2D eigenvalue weighted by Crippen LogP contribution is 2.39. The average molecular weight is 405 g/mol. The van der Waals surface area contributed by atoms with Crippen molar-refractivity contribution in [2.45, 2.75) is 0 Å². The van der Waals surface area contributed by atoms with Crippen LogP contribution in [-0.2, 0) is 0 Å². The largest absolute Gasteiger partial charge is 0.207 e. The van der Waals surface area contributed by atoms with Gasteiger partial charge in [-0.1, -0.05) is 0 Å². The van der Waals surface area contributed by atoms with Crippen LogP contribution in [-0.4, -0.2) is 0 Å². The van der Waals surface area contributed by atoms with Gasteiger partial charge in [0.2, 0.25) is 0 Å². The molecule has 0 spiro atoms. The monoisotopic (exact) mass is 405 g/mol. The first kappa shape index (κ1) is 19.8. The average Bonchev–Trinajstić information content (AvgIpc) is 2.51. The minimum atomic E-state index is -1.75. The minimum Gasteiger partial charge on any atom is -0.207 e. The maximum atomic E-state index is 14.3. The maximum absolute atomic E-state index is 14.3. The van der Waals surface area contributed by atoms with Gasteiger partial charge < -0.3 is 0 Å². The van der Waals surface area contributed by atoms with E-state index in [0.717, 1.165) is 0 Å². The van der Waals surface area contributed by atoms with Gasteiger partial charge in [0.05, 0.1) is 5.92 Å². The Labute approximate surface area is 151 Å². The van der Waals surface area contributed by atoms with E-state index in [2.05, 4.69) is 0 Å². The fourth-order valence-electron chi connectivity index (χ4n) is 2.72. The molecule has 0 heterocycles. The first-order valence-electron chi connectivity index (χ1n) is 7.41. The molecule has 0 fully saturated rings. The summed E-state index contributed by atoms with van der Waals surface area (Å²) in [6.45, 7) is 0. The van der Waals surface area contributed by atoms with Crippen molar-refractivity contribution in [3.8, 4) is 0 Å². The highest BCUT2D eigenvalue weighted by Gasteiger charge is 2.35. The molecule has 0 amide bonds. The molecule has 3 aromatic carbocycles. The topological polar surface area (TPSA) is 0 Å². The SMILES string of the molecule is Fc1cc(F)c([C](c2c(F)cc(F)cc2F)c2c(F)cc(F)cc2F)c(F)c1. The summed E-state index contributed by atoms with van der Waals surface area (Å²) < 4.78 is 125. The van der Waals surface area contributed by atoms with Gasteiger partial charge in [-0.15, -0.1) is 0 Å². The predicted octanol–water partition coefficient (Wildman–Crippen LogP) is 5.96. The summed E-state index contributed by atoms with van der Waals surface area (Å²) in [5.74, 6) is -16.1. The number of hydrogen-bond acceptors (Lipinski definition) is 0. The summed E-state index contributed by atoms with van der Waals surface area (Å²) >= 11 is 0. The molecule has 0 aliphatic heterocycles. The van der Waals surface area contributed by atoms with Gasteiger partial charge in [0.1, 0.15) is 52.4 Å². The molecule has 0 saturated heterocycles. The Kier molecular flexibility index (Phi) is 5.10. The third-order valence-corrected chi connectivity index (χ3v) is 3.77.